The number of carbonyl (C=O) groups is 1. The normalized spacial score (nSPS) is 19.4. The lowest BCUT2D eigenvalue weighted by molar-refractivity contribution is -0.136. The van der Waals surface area contributed by atoms with Gasteiger partial charge in [-0.3, -0.25) is 15.5 Å². The maximum absolute atomic E-state index is 13.5. The number of anilines is 2. The molecule has 1 amide bonds. The van der Waals surface area contributed by atoms with Gasteiger partial charge in [-0.25, -0.2) is 0 Å². The minimum absolute atomic E-state index is 0.0377. The first kappa shape index (κ1) is 22.4. The zero-order chi connectivity index (χ0) is 21.9. The molecular weight excluding hydrogens is 398 g/mol. The Labute approximate surface area is 184 Å². The summed E-state index contributed by atoms with van der Waals surface area (Å²) < 4.78 is 0. The fraction of sp³-hybridized carbons (Fsp3) is 0.458. The Morgan fingerprint density at radius 3 is 2.43 bits per heavy atom. The molecule has 0 saturated carbocycles. The van der Waals surface area contributed by atoms with E-state index in [1.807, 2.05) is 29.2 Å². The molecule has 2 atom stereocenters. The van der Waals surface area contributed by atoms with Crippen LogP contribution < -0.4 is 10.8 Å². The Morgan fingerprint density at radius 2 is 1.83 bits per heavy atom. The largest absolute Gasteiger partial charge is 0.373 e. The Morgan fingerprint density at radius 1 is 1.17 bits per heavy atom. The molecule has 162 valence electrons. The highest BCUT2D eigenvalue weighted by atomic mass is 35.5. The van der Waals surface area contributed by atoms with Gasteiger partial charge >= 0.3 is 0 Å². The van der Waals surface area contributed by atoms with Crippen molar-refractivity contribution in [1.29, 1.82) is 0 Å². The molecule has 0 bridgehead atoms. The molecule has 0 radical (unpaired) electrons. The van der Waals surface area contributed by atoms with Crippen LogP contribution >= 0.6 is 11.6 Å². The standard InChI is InChI=1S/C24H32ClN3O2/c1-16(2)22(26-19-6-5-7-20(14-19)27-30)23(29)28-13-12-21(24(3,4)15-28)17-8-10-18(25)11-9-17/h5-11,14,16,21-22,26-27,30H,12-13,15H2,1-4H3/t21?,22-/m1/s1. The van der Waals surface area contributed by atoms with Gasteiger partial charge in [-0.2, -0.15) is 0 Å². The number of likely N-dealkylation sites (tertiary alicyclic amines) is 1. The SMILES string of the molecule is CC(C)[C@@H](Nc1cccc(NO)c1)C(=O)N1CCC(c2ccc(Cl)cc2)C(C)(C)C1. The molecule has 2 aromatic carbocycles. The van der Waals surface area contributed by atoms with Crippen molar-refractivity contribution in [3.05, 3.63) is 59.1 Å². The predicted molar refractivity (Wildman–Crippen MR) is 123 cm³/mol. The molecule has 0 aromatic heterocycles. The number of hydrogen-bond donors (Lipinski definition) is 3. The second kappa shape index (κ2) is 9.27. The first-order chi connectivity index (χ1) is 14.2. The van der Waals surface area contributed by atoms with Crippen LogP contribution in [0.15, 0.2) is 48.5 Å². The van der Waals surface area contributed by atoms with Gasteiger partial charge in [0.05, 0.1) is 5.69 Å². The zero-order valence-corrected chi connectivity index (χ0v) is 18.9. The molecule has 1 fully saturated rings. The van der Waals surface area contributed by atoms with Gasteiger partial charge in [-0.05, 0) is 59.6 Å². The summed E-state index contributed by atoms with van der Waals surface area (Å²) in [6.07, 6.45) is 0.926. The number of halogens is 1. The summed E-state index contributed by atoms with van der Waals surface area (Å²) in [6.45, 7) is 10.0. The molecule has 0 spiro atoms. The summed E-state index contributed by atoms with van der Waals surface area (Å²) in [7, 11) is 0. The summed E-state index contributed by atoms with van der Waals surface area (Å²) in [5.74, 6) is 0.631. The van der Waals surface area contributed by atoms with Crippen LogP contribution in [-0.2, 0) is 4.79 Å². The van der Waals surface area contributed by atoms with E-state index in [2.05, 4.69) is 50.6 Å². The molecule has 0 aliphatic carbocycles. The number of carbonyl (C=O) groups excluding carboxylic acids is 1. The van der Waals surface area contributed by atoms with Crippen molar-refractivity contribution in [3.63, 3.8) is 0 Å². The number of hydrogen-bond acceptors (Lipinski definition) is 4. The molecule has 1 aliphatic heterocycles. The predicted octanol–water partition coefficient (Wildman–Crippen LogP) is 5.62. The van der Waals surface area contributed by atoms with Crippen LogP contribution in [0.1, 0.15) is 45.6 Å². The van der Waals surface area contributed by atoms with Gasteiger partial charge in [0.1, 0.15) is 6.04 Å². The topological polar surface area (TPSA) is 64.6 Å². The summed E-state index contributed by atoms with van der Waals surface area (Å²) in [5, 5.41) is 13.3. The molecule has 1 heterocycles. The molecule has 3 N–H and O–H groups in total. The fourth-order valence-corrected chi connectivity index (χ4v) is 4.55. The fourth-order valence-electron chi connectivity index (χ4n) is 4.43. The third-order valence-electron chi connectivity index (χ3n) is 6.06. The average Bonchev–Trinajstić information content (AvgIpc) is 2.71. The van der Waals surface area contributed by atoms with Crippen LogP contribution in [0, 0.1) is 11.3 Å². The Balaban J connectivity index is 1.74. The van der Waals surface area contributed by atoms with Crippen molar-refractivity contribution in [2.45, 2.75) is 46.1 Å². The van der Waals surface area contributed by atoms with E-state index < -0.39 is 0 Å². The van der Waals surface area contributed by atoms with Crippen molar-refractivity contribution in [2.24, 2.45) is 11.3 Å². The van der Waals surface area contributed by atoms with E-state index in [0.29, 0.717) is 18.2 Å². The Kier molecular flexibility index (Phi) is 6.94. The quantitative estimate of drug-likeness (QED) is 0.521. The van der Waals surface area contributed by atoms with Crippen molar-refractivity contribution in [2.75, 3.05) is 23.9 Å². The van der Waals surface area contributed by atoms with Gasteiger partial charge in [0.15, 0.2) is 0 Å². The van der Waals surface area contributed by atoms with Crippen molar-refractivity contribution < 1.29 is 10.0 Å². The van der Waals surface area contributed by atoms with Gasteiger partial charge < -0.3 is 10.2 Å². The van der Waals surface area contributed by atoms with Gasteiger partial charge in [0.2, 0.25) is 5.91 Å². The van der Waals surface area contributed by atoms with Gasteiger partial charge in [-0.15, -0.1) is 0 Å². The number of nitrogens with zero attached hydrogens (tertiary/aromatic N) is 1. The number of rotatable bonds is 6. The van der Waals surface area contributed by atoms with E-state index in [9.17, 15) is 4.79 Å². The number of piperidine rings is 1. The summed E-state index contributed by atoms with van der Waals surface area (Å²) in [4.78, 5) is 15.5. The molecule has 5 nitrogen and oxygen atoms in total. The molecule has 1 unspecified atom stereocenters. The summed E-state index contributed by atoms with van der Waals surface area (Å²) >= 11 is 6.06. The van der Waals surface area contributed by atoms with Crippen molar-refractivity contribution in [3.8, 4) is 0 Å². The molecule has 3 rings (SSSR count). The highest BCUT2D eigenvalue weighted by Crippen LogP contribution is 2.42. The van der Waals surface area contributed by atoms with Crippen LogP contribution in [-0.4, -0.2) is 35.1 Å². The molecule has 1 saturated heterocycles. The van der Waals surface area contributed by atoms with E-state index in [4.69, 9.17) is 16.8 Å². The van der Waals surface area contributed by atoms with Crippen molar-refractivity contribution in [1.82, 2.24) is 4.90 Å². The third-order valence-corrected chi connectivity index (χ3v) is 6.31. The maximum Gasteiger partial charge on any atom is 0.245 e. The molecular formula is C24H32ClN3O2. The van der Waals surface area contributed by atoms with Gasteiger partial charge in [0.25, 0.3) is 0 Å². The molecule has 6 heteroatoms. The second-order valence-electron chi connectivity index (χ2n) is 9.20. The van der Waals surface area contributed by atoms with Crippen LogP contribution in [0.25, 0.3) is 0 Å². The Hall–Kier alpha value is -2.24. The van der Waals surface area contributed by atoms with Crippen LogP contribution in [0.4, 0.5) is 11.4 Å². The van der Waals surface area contributed by atoms with Crippen LogP contribution in [0.2, 0.25) is 5.02 Å². The minimum Gasteiger partial charge on any atom is -0.373 e. The van der Waals surface area contributed by atoms with Gasteiger partial charge in [0, 0.05) is 23.8 Å². The lowest BCUT2D eigenvalue weighted by atomic mass is 9.70. The number of benzene rings is 2. The van der Waals surface area contributed by atoms with Crippen molar-refractivity contribution >= 4 is 28.9 Å². The van der Waals surface area contributed by atoms with E-state index in [-0.39, 0.29) is 23.3 Å². The Bertz CT molecular complexity index is 867. The van der Waals surface area contributed by atoms with E-state index in [0.717, 1.165) is 23.7 Å². The first-order valence-electron chi connectivity index (χ1n) is 10.5. The first-order valence-corrected chi connectivity index (χ1v) is 10.9. The molecule has 1 aliphatic rings. The zero-order valence-electron chi connectivity index (χ0n) is 18.2. The molecule has 2 aromatic rings. The van der Waals surface area contributed by atoms with E-state index in [1.165, 1.54) is 5.56 Å². The number of nitrogens with one attached hydrogen (secondary N) is 2. The highest BCUT2D eigenvalue weighted by molar-refractivity contribution is 6.30. The van der Waals surface area contributed by atoms with Crippen LogP contribution in [0.3, 0.4) is 0 Å². The number of amides is 1. The summed E-state index contributed by atoms with van der Waals surface area (Å²) in [5.41, 5.74) is 4.78. The smallest absolute Gasteiger partial charge is 0.245 e. The van der Waals surface area contributed by atoms with Crippen LogP contribution in [0.5, 0.6) is 0 Å². The highest BCUT2D eigenvalue weighted by Gasteiger charge is 2.40. The summed E-state index contributed by atoms with van der Waals surface area (Å²) in [6, 6.07) is 15.1. The van der Waals surface area contributed by atoms with Gasteiger partial charge in [-0.1, -0.05) is 57.5 Å². The van der Waals surface area contributed by atoms with E-state index >= 15 is 0 Å². The lowest BCUT2D eigenvalue weighted by Crippen LogP contribution is -2.53. The monoisotopic (exact) mass is 429 g/mol. The minimum atomic E-state index is -0.332. The maximum atomic E-state index is 13.5. The molecule has 30 heavy (non-hydrogen) atoms. The average molecular weight is 430 g/mol. The second-order valence-corrected chi connectivity index (χ2v) is 9.64. The lowest BCUT2D eigenvalue weighted by Gasteiger charge is -2.46. The third kappa shape index (κ3) is 5.08. The van der Waals surface area contributed by atoms with E-state index in [1.54, 1.807) is 12.1 Å².